The van der Waals surface area contributed by atoms with Crippen molar-refractivity contribution in [2.45, 2.75) is 42.4 Å². The van der Waals surface area contributed by atoms with Crippen LogP contribution in [0.25, 0.3) is 0 Å². The maximum atomic E-state index is 5.62. The maximum absolute atomic E-state index is 5.62. The van der Waals surface area contributed by atoms with Gasteiger partial charge in [-0.15, -0.1) is 10.2 Å². The summed E-state index contributed by atoms with van der Waals surface area (Å²) in [4.78, 5) is 8.25. The minimum Gasteiger partial charge on any atom is -0.382 e. The summed E-state index contributed by atoms with van der Waals surface area (Å²) in [5.41, 5.74) is 5.62. The average molecular weight is 262 g/mol. The second-order valence-corrected chi connectivity index (χ2v) is 5.23. The smallest absolute Gasteiger partial charge is 0.197 e. The van der Waals surface area contributed by atoms with Crippen molar-refractivity contribution in [1.29, 1.82) is 0 Å². The van der Waals surface area contributed by atoms with E-state index in [1.54, 1.807) is 6.20 Å². The third-order valence-electron chi connectivity index (χ3n) is 2.90. The number of nitrogen functional groups attached to an aromatic ring is 1. The highest BCUT2D eigenvalue weighted by molar-refractivity contribution is 7.99. The summed E-state index contributed by atoms with van der Waals surface area (Å²) in [6, 6.07) is 0. The largest absolute Gasteiger partial charge is 0.382 e. The number of rotatable bonds is 2. The second kappa shape index (κ2) is 4.93. The first-order chi connectivity index (χ1) is 8.83. The Kier molecular flexibility index (Phi) is 3.14. The molecule has 94 valence electrons. The van der Waals surface area contributed by atoms with Crippen molar-refractivity contribution in [3.63, 3.8) is 0 Å². The van der Waals surface area contributed by atoms with Gasteiger partial charge >= 0.3 is 0 Å². The van der Waals surface area contributed by atoms with E-state index in [4.69, 9.17) is 5.73 Å². The molecule has 0 atom stereocenters. The molecule has 0 saturated carbocycles. The lowest BCUT2D eigenvalue weighted by molar-refractivity contribution is 0.590. The molecular weight excluding hydrogens is 248 g/mol. The van der Waals surface area contributed by atoms with Crippen LogP contribution in [0, 0.1) is 0 Å². The van der Waals surface area contributed by atoms with Crippen molar-refractivity contribution in [3.05, 3.63) is 18.2 Å². The number of fused-ring (bicyclic) bond motifs is 1. The normalized spacial score (nSPS) is 15.1. The number of nitrogens with zero attached hydrogens (tertiary/aromatic N) is 5. The van der Waals surface area contributed by atoms with Gasteiger partial charge in [-0.1, -0.05) is 6.42 Å². The molecule has 1 aliphatic heterocycles. The van der Waals surface area contributed by atoms with E-state index in [-0.39, 0.29) is 0 Å². The molecule has 0 saturated heterocycles. The Balaban J connectivity index is 1.87. The van der Waals surface area contributed by atoms with Gasteiger partial charge in [-0.05, 0) is 24.6 Å². The summed E-state index contributed by atoms with van der Waals surface area (Å²) in [5.74, 6) is 1.50. The third kappa shape index (κ3) is 2.31. The second-order valence-electron chi connectivity index (χ2n) is 4.25. The van der Waals surface area contributed by atoms with E-state index in [1.165, 1.54) is 37.2 Å². The van der Waals surface area contributed by atoms with Crippen LogP contribution in [-0.2, 0) is 13.0 Å². The quantitative estimate of drug-likeness (QED) is 0.883. The van der Waals surface area contributed by atoms with Crippen LogP contribution in [0.1, 0.15) is 25.1 Å². The lowest BCUT2D eigenvalue weighted by Gasteiger charge is -2.05. The average Bonchev–Trinajstić information content (AvgIpc) is 2.60. The Morgan fingerprint density at radius 1 is 1.17 bits per heavy atom. The molecule has 0 aliphatic carbocycles. The minimum absolute atomic E-state index is 0.426. The van der Waals surface area contributed by atoms with Crippen molar-refractivity contribution < 1.29 is 0 Å². The number of hydrogen-bond acceptors (Lipinski definition) is 6. The van der Waals surface area contributed by atoms with Gasteiger partial charge in [-0.2, -0.15) is 0 Å². The van der Waals surface area contributed by atoms with Gasteiger partial charge in [0.2, 0.25) is 0 Å². The predicted molar refractivity (Wildman–Crippen MR) is 68.1 cm³/mol. The summed E-state index contributed by atoms with van der Waals surface area (Å²) >= 11 is 1.47. The molecule has 18 heavy (non-hydrogen) atoms. The maximum Gasteiger partial charge on any atom is 0.197 e. The molecule has 0 amide bonds. The minimum atomic E-state index is 0.426. The Bertz CT molecular complexity index is 552. The zero-order valence-corrected chi connectivity index (χ0v) is 10.7. The van der Waals surface area contributed by atoms with E-state index in [0.29, 0.717) is 5.82 Å². The van der Waals surface area contributed by atoms with Gasteiger partial charge < -0.3 is 10.3 Å². The molecule has 3 rings (SSSR count). The fourth-order valence-electron chi connectivity index (χ4n) is 2.04. The zero-order chi connectivity index (χ0) is 12.4. The summed E-state index contributed by atoms with van der Waals surface area (Å²) in [6.07, 6.45) is 7.87. The Morgan fingerprint density at radius 2 is 2.11 bits per heavy atom. The van der Waals surface area contributed by atoms with Crippen LogP contribution in [0.5, 0.6) is 0 Å². The monoisotopic (exact) mass is 262 g/mol. The van der Waals surface area contributed by atoms with Gasteiger partial charge in [0.25, 0.3) is 0 Å². The number of hydrogen-bond donors (Lipinski definition) is 1. The summed E-state index contributed by atoms with van der Waals surface area (Å²) in [7, 11) is 0. The molecule has 1 aliphatic rings. The van der Waals surface area contributed by atoms with Gasteiger partial charge in [0.1, 0.15) is 16.7 Å². The summed E-state index contributed by atoms with van der Waals surface area (Å²) in [5, 5.41) is 10.1. The standard InChI is InChI=1S/C11H14N6S/c12-8-6-13-7-10(14-8)18-11-16-15-9-4-2-1-3-5-17(9)11/h6-7H,1-5H2,(H2,12,14). The van der Waals surface area contributed by atoms with E-state index < -0.39 is 0 Å². The molecule has 0 unspecified atom stereocenters. The SMILES string of the molecule is Nc1cncc(Sc2nnc3n2CCCCC3)n1. The van der Waals surface area contributed by atoms with Crippen molar-refractivity contribution in [2.75, 3.05) is 5.73 Å². The van der Waals surface area contributed by atoms with Crippen LogP contribution in [0.3, 0.4) is 0 Å². The number of aromatic nitrogens is 5. The lowest BCUT2D eigenvalue weighted by Crippen LogP contribution is -2.02. The topological polar surface area (TPSA) is 82.5 Å². The van der Waals surface area contributed by atoms with Crippen molar-refractivity contribution in [3.8, 4) is 0 Å². The van der Waals surface area contributed by atoms with Crippen molar-refractivity contribution in [2.24, 2.45) is 0 Å². The van der Waals surface area contributed by atoms with E-state index in [2.05, 4.69) is 24.7 Å². The third-order valence-corrected chi connectivity index (χ3v) is 3.79. The van der Waals surface area contributed by atoms with Crippen LogP contribution in [0.4, 0.5) is 5.82 Å². The van der Waals surface area contributed by atoms with E-state index in [0.717, 1.165) is 29.0 Å². The molecule has 2 aromatic heterocycles. The van der Waals surface area contributed by atoms with E-state index >= 15 is 0 Å². The molecule has 2 N–H and O–H groups in total. The van der Waals surface area contributed by atoms with Gasteiger partial charge in [0.15, 0.2) is 5.16 Å². The van der Waals surface area contributed by atoms with Crippen LogP contribution >= 0.6 is 11.8 Å². The van der Waals surface area contributed by atoms with E-state index in [9.17, 15) is 0 Å². The fraction of sp³-hybridized carbons (Fsp3) is 0.455. The summed E-state index contributed by atoms with van der Waals surface area (Å²) in [6.45, 7) is 0.987. The van der Waals surface area contributed by atoms with Gasteiger partial charge in [0.05, 0.1) is 12.4 Å². The molecular formula is C11H14N6S. The van der Waals surface area contributed by atoms with E-state index in [1.807, 2.05) is 0 Å². The Labute approximate surface area is 109 Å². The zero-order valence-electron chi connectivity index (χ0n) is 9.91. The number of nitrogens with two attached hydrogens (primary N) is 1. The molecule has 0 fully saturated rings. The van der Waals surface area contributed by atoms with Gasteiger partial charge in [-0.25, -0.2) is 4.98 Å². The first kappa shape index (κ1) is 11.5. The summed E-state index contributed by atoms with van der Waals surface area (Å²) < 4.78 is 2.18. The fourth-order valence-corrected chi connectivity index (χ4v) is 2.88. The van der Waals surface area contributed by atoms with Gasteiger partial charge in [0, 0.05) is 13.0 Å². The molecule has 7 heteroatoms. The molecule has 6 nitrogen and oxygen atoms in total. The number of aryl methyl sites for hydroxylation is 1. The predicted octanol–water partition coefficient (Wildman–Crippen LogP) is 1.53. The van der Waals surface area contributed by atoms with Crippen LogP contribution < -0.4 is 5.73 Å². The number of anilines is 1. The molecule has 0 bridgehead atoms. The lowest BCUT2D eigenvalue weighted by atomic mass is 10.2. The Hall–Kier alpha value is -1.63. The van der Waals surface area contributed by atoms with Crippen LogP contribution in [-0.4, -0.2) is 24.7 Å². The van der Waals surface area contributed by atoms with Crippen LogP contribution in [0.15, 0.2) is 22.6 Å². The van der Waals surface area contributed by atoms with Crippen LogP contribution in [0.2, 0.25) is 0 Å². The molecule has 3 heterocycles. The molecule has 0 radical (unpaired) electrons. The van der Waals surface area contributed by atoms with Crippen molar-refractivity contribution in [1.82, 2.24) is 24.7 Å². The Morgan fingerprint density at radius 3 is 3.00 bits per heavy atom. The van der Waals surface area contributed by atoms with Crippen molar-refractivity contribution >= 4 is 17.6 Å². The highest BCUT2D eigenvalue weighted by atomic mass is 32.2. The first-order valence-corrected chi connectivity index (χ1v) is 6.82. The first-order valence-electron chi connectivity index (χ1n) is 6.00. The molecule has 0 spiro atoms. The highest BCUT2D eigenvalue weighted by Crippen LogP contribution is 2.26. The molecule has 0 aromatic carbocycles. The highest BCUT2D eigenvalue weighted by Gasteiger charge is 2.16. The molecule has 2 aromatic rings. The van der Waals surface area contributed by atoms with Gasteiger partial charge in [-0.3, -0.25) is 4.98 Å².